The topological polar surface area (TPSA) is 12.0 Å². The third-order valence-corrected chi connectivity index (χ3v) is 2.96. The lowest BCUT2D eigenvalue weighted by atomic mass is 10.1. The fourth-order valence-electron chi connectivity index (χ4n) is 2.11. The highest BCUT2D eigenvalue weighted by Gasteiger charge is 2.04. The molecule has 0 saturated carbocycles. The van der Waals surface area contributed by atoms with Crippen LogP contribution in [-0.2, 0) is 6.42 Å². The number of hydrogen-bond acceptors (Lipinski definition) is 1. The molecule has 1 heteroatoms. The van der Waals surface area contributed by atoms with Crippen molar-refractivity contribution in [2.75, 3.05) is 6.54 Å². The second-order valence-corrected chi connectivity index (χ2v) is 4.46. The predicted molar refractivity (Wildman–Crippen MR) is 71.8 cm³/mol. The molecule has 0 fully saturated rings. The first kappa shape index (κ1) is 13.2. The van der Waals surface area contributed by atoms with E-state index >= 15 is 0 Å². The standard InChI is InChI=1S/C15H25N/c1-3-8-15(9-4-2)16-13-12-14-10-6-5-7-11-14/h5-7,10-11,15-16H,3-4,8-9,12-13H2,1-2H3. The Bertz CT molecular complexity index is 249. The first-order valence-electron chi connectivity index (χ1n) is 6.64. The van der Waals surface area contributed by atoms with Gasteiger partial charge in [0.15, 0.2) is 0 Å². The number of nitrogens with one attached hydrogen (secondary N) is 1. The Hall–Kier alpha value is -0.820. The maximum Gasteiger partial charge on any atom is 0.00669 e. The molecule has 16 heavy (non-hydrogen) atoms. The van der Waals surface area contributed by atoms with Crippen molar-refractivity contribution in [3.63, 3.8) is 0 Å². The highest BCUT2D eigenvalue weighted by molar-refractivity contribution is 5.14. The van der Waals surface area contributed by atoms with Gasteiger partial charge < -0.3 is 5.32 Å². The third kappa shape index (κ3) is 5.32. The molecule has 0 bridgehead atoms. The molecule has 0 radical (unpaired) electrons. The molecule has 0 heterocycles. The summed E-state index contributed by atoms with van der Waals surface area (Å²) in [5.74, 6) is 0. The Kier molecular flexibility index (Phi) is 6.91. The van der Waals surface area contributed by atoms with Crippen LogP contribution in [0.15, 0.2) is 30.3 Å². The van der Waals surface area contributed by atoms with E-state index in [1.807, 2.05) is 0 Å². The largest absolute Gasteiger partial charge is 0.314 e. The van der Waals surface area contributed by atoms with Crippen molar-refractivity contribution in [1.82, 2.24) is 5.32 Å². The Morgan fingerprint density at radius 2 is 1.62 bits per heavy atom. The predicted octanol–water partition coefficient (Wildman–Crippen LogP) is 3.79. The minimum Gasteiger partial charge on any atom is -0.314 e. The lowest BCUT2D eigenvalue weighted by Crippen LogP contribution is -2.30. The molecule has 0 amide bonds. The zero-order chi connectivity index (χ0) is 11.6. The van der Waals surface area contributed by atoms with Crippen LogP contribution in [0.1, 0.15) is 45.1 Å². The molecule has 1 aromatic carbocycles. The summed E-state index contributed by atoms with van der Waals surface area (Å²) in [5.41, 5.74) is 1.43. The fraction of sp³-hybridized carbons (Fsp3) is 0.600. The highest BCUT2D eigenvalue weighted by atomic mass is 14.9. The van der Waals surface area contributed by atoms with Crippen molar-refractivity contribution in [3.05, 3.63) is 35.9 Å². The van der Waals surface area contributed by atoms with Gasteiger partial charge in [-0.1, -0.05) is 57.0 Å². The van der Waals surface area contributed by atoms with Crippen molar-refractivity contribution in [3.8, 4) is 0 Å². The average Bonchev–Trinajstić information content (AvgIpc) is 2.31. The van der Waals surface area contributed by atoms with Crippen LogP contribution in [0.4, 0.5) is 0 Å². The van der Waals surface area contributed by atoms with Gasteiger partial charge in [-0.3, -0.25) is 0 Å². The first-order valence-corrected chi connectivity index (χ1v) is 6.64. The Morgan fingerprint density at radius 3 is 2.19 bits per heavy atom. The van der Waals surface area contributed by atoms with Crippen LogP contribution in [-0.4, -0.2) is 12.6 Å². The highest BCUT2D eigenvalue weighted by Crippen LogP contribution is 2.05. The maximum absolute atomic E-state index is 3.67. The third-order valence-electron chi connectivity index (χ3n) is 2.96. The van der Waals surface area contributed by atoms with Crippen LogP contribution in [0.5, 0.6) is 0 Å². The Labute approximate surface area is 100 Å². The number of hydrogen-bond donors (Lipinski definition) is 1. The van der Waals surface area contributed by atoms with E-state index in [0.29, 0.717) is 0 Å². The van der Waals surface area contributed by atoms with Crippen molar-refractivity contribution in [2.45, 2.75) is 52.0 Å². The molecule has 0 aliphatic heterocycles. The Balaban J connectivity index is 2.22. The van der Waals surface area contributed by atoms with Crippen LogP contribution in [0.3, 0.4) is 0 Å². The fourth-order valence-corrected chi connectivity index (χ4v) is 2.11. The molecule has 90 valence electrons. The SMILES string of the molecule is CCCC(CCC)NCCc1ccccc1. The molecule has 1 aromatic rings. The van der Waals surface area contributed by atoms with Crippen LogP contribution in [0, 0.1) is 0 Å². The van der Waals surface area contributed by atoms with E-state index in [1.54, 1.807) is 0 Å². The molecule has 0 aromatic heterocycles. The molecular formula is C15H25N. The second kappa shape index (κ2) is 8.35. The lowest BCUT2D eigenvalue weighted by molar-refractivity contribution is 0.447. The summed E-state index contributed by atoms with van der Waals surface area (Å²) < 4.78 is 0. The molecule has 0 aliphatic rings. The van der Waals surface area contributed by atoms with Gasteiger partial charge in [0, 0.05) is 6.04 Å². The van der Waals surface area contributed by atoms with Gasteiger partial charge in [0.25, 0.3) is 0 Å². The van der Waals surface area contributed by atoms with E-state index in [2.05, 4.69) is 49.5 Å². The molecule has 0 atom stereocenters. The molecule has 1 nitrogen and oxygen atoms in total. The summed E-state index contributed by atoms with van der Waals surface area (Å²) in [5, 5.41) is 3.67. The zero-order valence-electron chi connectivity index (χ0n) is 10.7. The molecule has 0 saturated heterocycles. The maximum atomic E-state index is 3.67. The van der Waals surface area contributed by atoms with Gasteiger partial charge in [0.05, 0.1) is 0 Å². The van der Waals surface area contributed by atoms with Gasteiger partial charge >= 0.3 is 0 Å². The minimum absolute atomic E-state index is 0.721. The van der Waals surface area contributed by atoms with Crippen molar-refractivity contribution in [2.24, 2.45) is 0 Å². The second-order valence-electron chi connectivity index (χ2n) is 4.46. The van der Waals surface area contributed by atoms with Crippen LogP contribution < -0.4 is 5.32 Å². The summed E-state index contributed by atoms with van der Waals surface area (Å²) in [6.45, 7) is 5.64. The summed E-state index contributed by atoms with van der Waals surface area (Å²) in [6.07, 6.45) is 6.32. The molecule has 0 spiro atoms. The van der Waals surface area contributed by atoms with Crippen LogP contribution in [0.25, 0.3) is 0 Å². The summed E-state index contributed by atoms with van der Waals surface area (Å²) in [6, 6.07) is 11.4. The smallest absolute Gasteiger partial charge is 0.00669 e. The van der Waals surface area contributed by atoms with Crippen molar-refractivity contribution in [1.29, 1.82) is 0 Å². The van der Waals surface area contributed by atoms with Gasteiger partial charge in [-0.2, -0.15) is 0 Å². The molecular weight excluding hydrogens is 194 g/mol. The normalized spacial score (nSPS) is 10.9. The van der Waals surface area contributed by atoms with E-state index in [-0.39, 0.29) is 0 Å². The van der Waals surface area contributed by atoms with E-state index < -0.39 is 0 Å². The Morgan fingerprint density at radius 1 is 1.00 bits per heavy atom. The van der Waals surface area contributed by atoms with Gasteiger partial charge in [-0.05, 0) is 31.4 Å². The number of rotatable bonds is 8. The average molecular weight is 219 g/mol. The van der Waals surface area contributed by atoms with Crippen LogP contribution >= 0.6 is 0 Å². The quantitative estimate of drug-likeness (QED) is 0.701. The molecule has 1 N–H and O–H groups in total. The van der Waals surface area contributed by atoms with Gasteiger partial charge in [-0.25, -0.2) is 0 Å². The molecule has 0 unspecified atom stereocenters. The lowest BCUT2D eigenvalue weighted by Gasteiger charge is -2.17. The summed E-state index contributed by atoms with van der Waals surface area (Å²) >= 11 is 0. The number of benzene rings is 1. The van der Waals surface area contributed by atoms with E-state index in [4.69, 9.17) is 0 Å². The van der Waals surface area contributed by atoms with Gasteiger partial charge in [0.1, 0.15) is 0 Å². The summed E-state index contributed by atoms with van der Waals surface area (Å²) in [7, 11) is 0. The summed E-state index contributed by atoms with van der Waals surface area (Å²) in [4.78, 5) is 0. The molecule has 1 rings (SSSR count). The van der Waals surface area contributed by atoms with Gasteiger partial charge in [0.2, 0.25) is 0 Å². The van der Waals surface area contributed by atoms with Crippen molar-refractivity contribution < 1.29 is 0 Å². The minimum atomic E-state index is 0.721. The van der Waals surface area contributed by atoms with Crippen molar-refractivity contribution >= 4 is 0 Å². The van der Waals surface area contributed by atoms with E-state index in [1.165, 1.54) is 31.2 Å². The van der Waals surface area contributed by atoms with Gasteiger partial charge in [-0.15, -0.1) is 0 Å². The van der Waals surface area contributed by atoms with Crippen LogP contribution in [0.2, 0.25) is 0 Å². The monoisotopic (exact) mass is 219 g/mol. The van der Waals surface area contributed by atoms with E-state index in [0.717, 1.165) is 19.0 Å². The first-order chi connectivity index (χ1) is 7.86. The zero-order valence-corrected chi connectivity index (χ0v) is 10.7. The van der Waals surface area contributed by atoms with E-state index in [9.17, 15) is 0 Å². The molecule has 0 aliphatic carbocycles.